The highest BCUT2D eigenvalue weighted by atomic mass is 35.5. The molecule has 1 amide bonds. The summed E-state index contributed by atoms with van der Waals surface area (Å²) in [7, 11) is 3.47. The molecule has 0 radical (unpaired) electrons. The number of anilines is 2. The van der Waals surface area contributed by atoms with Crippen LogP contribution < -0.4 is 5.32 Å². The number of carbonyl (C=O) groups excluding carboxylic acids is 1. The van der Waals surface area contributed by atoms with Crippen molar-refractivity contribution in [3.05, 3.63) is 70.9 Å². The van der Waals surface area contributed by atoms with E-state index in [0.29, 0.717) is 47.9 Å². The minimum absolute atomic E-state index is 0.144. The first-order chi connectivity index (χ1) is 16.9. The van der Waals surface area contributed by atoms with E-state index >= 15 is 0 Å². The van der Waals surface area contributed by atoms with Gasteiger partial charge in [0.15, 0.2) is 5.82 Å². The number of ether oxygens (including phenoxy) is 1. The fourth-order valence-electron chi connectivity index (χ4n) is 4.20. The Kier molecular flexibility index (Phi) is 6.23. The lowest BCUT2D eigenvalue weighted by atomic mass is 10.1. The molecule has 0 fully saturated rings. The van der Waals surface area contributed by atoms with Crippen LogP contribution in [0.15, 0.2) is 48.9 Å². The molecule has 0 aliphatic carbocycles. The molecule has 1 aliphatic rings. The lowest BCUT2D eigenvalue weighted by Gasteiger charge is -2.35. The number of benzene rings is 1. The van der Waals surface area contributed by atoms with Gasteiger partial charge in [0.2, 0.25) is 5.95 Å². The van der Waals surface area contributed by atoms with Gasteiger partial charge in [-0.2, -0.15) is 5.10 Å². The lowest BCUT2D eigenvalue weighted by Crippen LogP contribution is -2.49. The lowest BCUT2D eigenvalue weighted by molar-refractivity contribution is 0.0380. The second kappa shape index (κ2) is 9.47. The molecular weight excluding hydrogens is 468 g/mol. The normalized spacial score (nSPS) is 15.4. The topological polar surface area (TPSA) is 103 Å². The second-order valence-corrected chi connectivity index (χ2v) is 8.90. The first-order valence-corrected chi connectivity index (χ1v) is 11.5. The Morgan fingerprint density at radius 1 is 1.26 bits per heavy atom. The van der Waals surface area contributed by atoms with Crippen molar-refractivity contribution in [2.45, 2.75) is 26.1 Å². The van der Waals surface area contributed by atoms with Crippen molar-refractivity contribution in [3.63, 3.8) is 0 Å². The van der Waals surface area contributed by atoms with Crippen LogP contribution in [0.2, 0.25) is 5.02 Å². The maximum absolute atomic E-state index is 13.5. The Morgan fingerprint density at radius 2 is 2.11 bits per heavy atom. The average Bonchev–Trinajstić information content (AvgIpc) is 3.44. The standard InChI is InChI=1S/C24H25ClN8O2/c1-15-10-26-24(29-20-7-8-27-31(20)2)30-21(15)19-13-32-12-18(14-35-3)33(23(34)22(32)28-19)11-16-5-4-6-17(25)9-16/h4-10,13,18H,11-12,14H2,1-3H3,(H,26,29,30). The van der Waals surface area contributed by atoms with Gasteiger partial charge in [0.25, 0.3) is 5.91 Å². The number of aromatic nitrogens is 6. The Balaban J connectivity index is 1.46. The SMILES string of the molecule is COCC1Cn2cc(-c3nc(Nc4ccnn4C)ncc3C)nc2C(=O)N1Cc1cccc(Cl)c1. The molecular formula is C24H25ClN8O2. The molecule has 0 spiro atoms. The molecule has 1 aliphatic heterocycles. The molecule has 0 saturated carbocycles. The van der Waals surface area contributed by atoms with Crippen LogP contribution in [-0.4, -0.2) is 59.9 Å². The third-order valence-electron chi connectivity index (χ3n) is 5.95. The highest BCUT2D eigenvalue weighted by Gasteiger charge is 2.34. The van der Waals surface area contributed by atoms with E-state index in [1.54, 1.807) is 29.1 Å². The summed E-state index contributed by atoms with van der Waals surface area (Å²) >= 11 is 6.16. The number of fused-ring (bicyclic) bond motifs is 1. The number of carbonyl (C=O) groups is 1. The van der Waals surface area contributed by atoms with Crippen LogP contribution in [0.5, 0.6) is 0 Å². The number of methoxy groups -OCH3 is 1. The van der Waals surface area contributed by atoms with Crippen LogP contribution >= 0.6 is 11.6 Å². The highest BCUT2D eigenvalue weighted by Crippen LogP contribution is 2.27. The van der Waals surface area contributed by atoms with Crippen LogP contribution in [0.1, 0.15) is 21.7 Å². The molecule has 5 rings (SSSR count). The molecule has 1 unspecified atom stereocenters. The van der Waals surface area contributed by atoms with Gasteiger partial charge in [0.05, 0.1) is 24.5 Å². The van der Waals surface area contributed by atoms with Gasteiger partial charge in [0, 0.05) is 50.7 Å². The maximum atomic E-state index is 13.5. The third kappa shape index (κ3) is 4.62. The molecule has 1 atom stereocenters. The van der Waals surface area contributed by atoms with Gasteiger partial charge >= 0.3 is 0 Å². The fourth-order valence-corrected chi connectivity index (χ4v) is 4.41. The number of nitrogens with zero attached hydrogens (tertiary/aromatic N) is 7. The largest absolute Gasteiger partial charge is 0.382 e. The molecule has 1 aromatic carbocycles. The summed E-state index contributed by atoms with van der Waals surface area (Å²) in [6.07, 6.45) is 5.30. The Labute approximate surface area is 207 Å². The first kappa shape index (κ1) is 23.0. The minimum atomic E-state index is -0.163. The van der Waals surface area contributed by atoms with E-state index in [4.69, 9.17) is 21.3 Å². The third-order valence-corrected chi connectivity index (χ3v) is 6.19. The fraction of sp³-hybridized carbons (Fsp3) is 0.292. The number of hydrogen-bond acceptors (Lipinski definition) is 7. The summed E-state index contributed by atoms with van der Waals surface area (Å²) in [5.74, 6) is 1.39. The first-order valence-electron chi connectivity index (χ1n) is 11.1. The van der Waals surface area contributed by atoms with Crippen LogP contribution in [0.4, 0.5) is 11.8 Å². The van der Waals surface area contributed by atoms with Gasteiger partial charge < -0.3 is 19.5 Å². The van der Waals surface area contributed by atoms with Gasteiger partial charge in [0.1, 0.15) is 11.5 Å². The number of halogens is 1. The predicted molar refractivity (Wildman–Crippen MR) is 131 cm³/mol. The highest BCUT2D eigenvalue weighted by molar-refractivity contribution is 6.30. The summed E-state index contributed by atoms with van der Waals surface area (Å²) in [6, 6.07) is 9.21. The summed E-state index contributed by atoms with van der Waals surface area (Å²) in [5, 5.41) is 7.95. The van der Waals surface area contributed by atoms with Crippen molar-refractivity contribution in [1.29, 1.82) is 0 Å². The van der Waals surface area contributed by atoms with Crippen LogP contribution in [0.25, 0.3) is 11.4 Å². The summed E-state index contributed by atoms with van der Waals surface area (Å²) in [6.45, 7) is 3.31. The Hall–Kier alpha value is -3.76. The second-order valence-electron chi connectivity index (χ2n) is 8.46. The summed E-state index contributed by atoms with van der Waals surface area (Å²) < 4.78 is 9.01. The summed E-state index contributed by atoms with van der Waals surface area (Å²) in [5.41, 5.74) is 3.07. The Bertz CT molecular complexity index is 1380. The van der Waals surface area contributed by atoms with E-state index in [9.17, 15) is 4.79 Å². The van der Waals surface area contributed by atoms with Crippen molar-refractivity contribution < 1.29 is 9.53 Å². The minimum Gasteiger partial charge on any atom is -0.382 e. The molecule has 180 valence electrons. The number of rotatable bonds is 7. The number of amides is 1. The number of hydrogen-bond donors (Lipinski definition) is 1. The van der Waals surface area contributed by atoms with Crippen molar-refractivity contribution in [2.75, 3.05) is 19.0 Å². The van der Waals surface area contributed by atoms with E-state index < -0.39 is 0 Å². The number of aryl methyl sites for hydroxylation is 2. The number of nitrogens with one attached hydrogen (secondary N) is 1. The van der Waals surface area contributed by atoms with Crippen molar-refractivity contribution in [2.24, 2.45) is 7.05 Å². The molecule has 4 heterocycles. The molecule has 10 nitrogen and oxygen atoms in total. The molecule has 1 N–H and O–H groups in total. The molecule has 35 heavy (non-hydrogen) atoms. The van der Waals surface area contributed by atoms with Crippen LogP contribution in [-0.2, 0) is 24.9 Å². The molecule has 11 heteroatoms. The van der Waals surface area contributed by atoms with Gasteiger partial charge in [-0.05, 0) is 30.2 Å². The smallest absolute Gasteiger partial charge is 0.290 e. The quantitative estimate of drug-likeness (QED) is 0.421. The van der Waals surface area contributed by atoms with E-state index in [2.05, 4.69) is 20.4 Å². The molecule has 3 aromatic heterocycles. The van der Waals surface area contributed by atoms with E-state index in [0.717, 1.165) is 16.9 Å². The van der Waals surface area contributed by atoms with E-state index in [-0.39, 0.29) is 11.9 Å². The zero-order valence-corrected chi connectivity index (χ0v) is 20.4. The van der Waals surface area contributed by atoms with Crippen molar-refractivity contribution >= 4 is 29.3 Å². The molecule has 0 bridgehead atoms. The van der Waals surface area contributed by atoms with Crippen molar-refractivity contribution in [3.8, 4) is 11.4 Å². The van der Waals surface area contributed by atoms with Gasteiger partial charge in [-0.1, -0.05) is 23.7 Å². The monoisotopic (exact) mass is 492 g/mol. The van der Waals surface area contributed by atoms with Gasteiger partial charge in [-0.3, -0.25) is 9.48 Å². The van der Waals surface area contributed by atoms with Gasteiger partial charge in [-0.15, -0.1) is 0 Å². The Morgan fingerprint density at radius 3 is 2.86 bits per heavy atom. The molecule has 4 aromatic rings. The maximum Gasteiger partial charge on any atom is 0.290 e. The van der Waals surface area contributed by atoms with E-state index in [1.165, 1.54) is 0 Å². The van der Waals surface area contributed by atoms with Gasteiger partial charge in [-0.25, -0.2) is 15.0 Å². The zero-order chi connectivity index (χ0) is 24.5. The van der Waals surface area contributed by atoms with E-state index in [1.807, 2.05) is 55.1 Å². The number of imidazole rings is 1. The average molecular weight is 493 g/mol. The molecule has 0 saturated heterocycles. The van der Waals surface area contributed by atoms with Crippen LogP contribution in [0, 0.1) is 6.92 Å². The van der Waals surface area contributed by atoms with Crippen LogP contribution in [0.3, 0.4) is 0 Å². The van der Waals surface area contributed by atoms with Crippen molar-refractivity contribution in [1.82, 2.24) is 34.2 Å². The zero-order valence-electron chi connectivity index (χ0n) is 19.6. The summed E-state index contributed by atoms with van der Waals surface area (Å²) in [4.78, 5) is 29.1. The predicted octanol–water partition coefficient (Wildman–Crippen LogP) is 3.45.